The van der Waals surface area contributed by atoms with Crippen molar-refractivity contribution in [3.63, 3.8) is 0 Å². The lowest BCUT2D eigenvalue weighted by Crippen LogP contribution is -2.55. The molecule has 2 aliphatic carbocycles. The number of allylic oxidation sites excluding steroid dienone is 3. The van der Waals surface area contributed by atoms with Gasteiger partial charge in [-0.1, -0.05) is 74.8 Å². The second-order valence-corrected chi connectivity index (χ2v) is 16.9. The number of Topliss-reactive ketones (excluding diaryl/α,β-unsaturated/α-hetero) is 1. The lowest BCUT2D eigenvalue weighted by Gasteiger charge is -2.44. The van der Waals surface area contributed by atoms with Crippen LogP contribution >= 0.6 is 0 Å². The van der Waals surface area contributed by atoms with Crippen molar-refractivity contribution in [2.24, 2.45) is 0 Å². The predicted molar refractivity (Wildman–Crippen MR) is 159 cm³/mol. The summed E-state index contributed by atoms with van der Waals surface area (Å²) in [7, 11) is -2.41. The number of rotatable bonds is 8. The van der Waals surface area contributed by atoms with E-state index < -0.39 is 67.2 Å². The molecule has 0 heterocycles. The maximum atomic E-state index is 14.0. The van der Waals surface area contributed by atoms with Gasteiger partial charge in [0, 0.05) is 5.57 Å². The lowest BCUT2D eigenvalue weighted by atomic mass is 9.81. The van der Waals surface area contributed by atoms with Crippen molar-refractivity contribution in [1.29, 1.82) is 0 Å². The van der Waals surface area contributed by atoms with E-state index in [9.17, 15) is 31.5 Å². The first-order chi connectivity index (χ1) is 21.1. The fraction of sp³-hybridized carbons (Fsp3) is 0.353. The van der Waals surface area contributed by atoms with Crippen molar-refractivity contribution in [3.05, 3.63) is 88.3 Å². The second kappa shape index (κ2) is 13.1. The molecule has 2 atom stereocenters. The van der Waals surface area contributed by atoms with E-state index in [1.807, 2.05) is 0 Å². The highest BCUT2D eigenvalue weighted by molar-refractivity contribution is 6.74. The molecular formula is C34H31F5O5Si. The third kappa shape index (κ3) is 7.28. The molecule has 0 saturated heterocycles. The summed E-state index contributed by atoms with van der Waals surface area (Å²) in [5, 5.41) is -0.155. The highest BCUT2D eigenvalue weighted by Crippen LogP contribution is 2.42. The molecule has 0 aromatic heterocycles. The fourth-order valence-electron chi connectivity index (χ4n) is 4.43. The predicted octanol–water partition coefficient (Wildman–Crippen LogP) is 7.04. The van der Waals surface area contributed by atoms with E-state index >= 15 is 0 Å². The quantitative estimate of drug-likeness (QED) is 0.0588. The molecule has 2 unspecified atom stereocenters. The van der Waals surface area contributed by atoms with E-state index in [1.165, 1.54) is 12.1 Å². The van der Waals surface area contributed by atoms with E-state index in [1.54, 1.807) is 30.4 Å². The van der Waals surface area contributed by atoms with Crippen LogP contribution in [0.5, 0.6) is 5.75 Å². The van der Waals surface area contributed by atoms with Crippen LogP contribution in [0.1, 0.15) is 44.7 Å². The summed E-state index contributed by atoms with van der Waals surface area (Å²) in [5.74, 6) is -2.59. The minimum absolute atomic E-state index is 0.0325. The third-order valence-electron chi connectivity index (χ3n) is 7.92. The molecule has 0 saturated carbocycles. The van der Waals surface area contributed by atoms with Crippen LogP contribution in [-0.2, 0) is 31.8 Å². The van der Waals surface area contributed by atoms with E-state index in [0.29, 0.717) is 29.5 Å². The van der Waals surface area contributed by atoms with E-state index in [0.717, 1.165) is 0 Å². The Kier molecular flexibility index (Phi) is 9.88. The average Bonchev–Trinajstić information content (AvgIpc) is 2.97. The lowest BCUT2D eigenvalue weighted by molar-refractivity contribution is -0.134. The zero-order valence-corrected chi connectivity index (χ0v) is 26.4. The summed E-state index contributed by atoms with van der Waals surface area (Å²) in [5.41, 5.74) is 0.0388. The van der Waals surface area contributed by atoms with Crippen LogP contribution in [0, 0.1) is 52.8 Å². The molecule has 2 aromatic rings. The molecule has 5 nitrogen and oxygen atoms in total. The first-order valence-corrected chi connectivity index (χ1v) is 17.0. The van der Waals surface area contributed by atoms with Crippen LogP contribution in [0.15, 0.2) is 48.1 Å². The number of benzene rings is 2. The summed E-state index contributed by atoms with van der Waals surface area (Å²) in [6, 6.07) is 6.25. The monoisotopic (exact) mass is 642 g/mol. The zero-order valence-electron chi connectivity index (χ0n) is 25.4. The number of carbonyl (C=O) groups excluding carboxylic acids is 2. The van der Waals surface area contributed by atoms with Gasteiger partial charge in [0.1, 0.15) is 6.10 Å². The molecule has 45 heavy (non-hydrogen) atoms. The average molecular weight is 643 g/mol. The number of ketones is 1. The zero-order chi connectivity index (χ0) is 33.2. The highest BCUT2D eigenvalue weighted by Gasteiger charge is 2.50. The number of fused-ring (bicyclic) bond motifs is 2. The third-order valence-corrected chi connectivity index (χ3v) is 12.4. The van der Waals surface area contributed by atoms with Gasteiger partial charge < -0.3 is 13.9 Å². The van der Waals surface area contributed by atoms with Crippen LogP contribution in [0.3, 0.4) is 0 Å². The summed E-state index contributed by atoms with van der Waals surface area (Å²) in [6.45, 7) is 10.4. The Morgan fingerprint density at radius 2 is 1.51 bits per heavy atom. The van der Waals surface area contributed by atoms with Crippen LogP contribution < -0.4 is 4.74 Å². The Hall–Kier alpha value is -4.03. The van der Waals surface area contributed by atoms with Crippen molar-refractivity contribution in [3.8, 4) is 29.4 Å². The Balaban J connectivity index is 1.46. The summed E-state index contributed by atoms with van der Waals surface area (Å²) in [6.07, 6.45) is 4.53. The molecule has 0 radical (unpaired) electrons. The van der Waals surface area contributed by atoms with Gasteiger partial charge in [-0.25, -0.2) is 13.2 Å². The highest BCUT2D eigenvalue weighted by atomic mass is 28.4. The van der Waals surface area contributed by atoms with Crippen molar-refractivity contribution < 1.29 is 45.4 Å². The fourth-order valence-corrected chi connectivity index (χ4v) is 5.85. The molecular weight excluding hydrogens is 611 g/mol. The molecule has 236 valence electrons. The molecule has 2 aliphatic rings. The largest absolute Gasteiger partial charge is 0.420 e. The molecule has 0 spiro atoms. The van der Waals surface area contributed by atoms with Crippen molar-refractivity contribution >= 4 is 20.1 Å². The summed E-state index contributed by atoms with van der Waals surface area (Å²) >= 11 is 0. The Morgan fingerprint density at radius 3 is 2.13 bits per heavy atom. The topological polar surface area (TPSA) is 61.8 Å². The standard InChI is InChI=1S/C34H31F5O5Si/c1-33(2,3)45(4,5)44-34-17-9-7-6-8-12-24(23(32(34)41)11-10-18-34)42-20-22-15-13-21(14-16-22)19-25(40)43-31-29(38)27(36)26(35)28(37)30(31)39/h6-7,11,13-16,24H,10,18-20H2,1-5H3/b7-6-. The minimum atomic E-state index is -2.41. The smallest absolute Gasteiger partial charge is 0.315 e. The van der Waals surface area contributed by atoms with Gasteiger partial charge >= 0.3 is 5.97 Å². The van der Waals surface area contributed by atoms with Gasteiger partial charge in [-0.05, 0) is 54.3 Å². The Bertz CT molecular complexity index is 1670. The van der Waals surface area contributed by atoms with Gasteiger partial charge in [0.15, 0.2) is 13.9 Å². The van der Waals surface area contributed by atoms with Crippen LogP contribution in [0.25, 0.3) is 0 Å². The molecule has 0 aliphatic heterocycles. The van der Waals surface area contributed by atoms with E-state index in [-0.39, 0.29) is 17.4 Å². The minimum Gasteiger partial charge on any atom is -0.420 e. The van der Waals surface area contributed by atoms with Gasteiger partial charge in [0.05, 0.1) is 13.0 Å². The second-order valence-electron chi connectivity index (χ2n) is 12.2. The van der Waals surface area contributed by atoms with Gasteiger partial charge in [-0.15, -0.1) is 0 Å². The molecule has 11 heteroatoms. The molecule has 0 amide bonds. The van der Waals surface area contributed by atoms with Crippen molar-refractivity contribution in [1.82, 2.24) is 0 Å². The van der Waals surface area contributed by atoms with E-state index in [2.05, 4.69) is 62.3 Å². The first kappa shape index (κ1) is 33.9. The van der Waals surface area contributed by atoms with E-state index in [4.69, 9.17) is 9.16 Å². The molecule has 0 N–H and O–H groups in total. The SMILES string of the molecule is CC(C)(C)[Si](C)(C)OC12C#C/C=C\C#CC(OCc3ccc(CC(=O)Oc4c(F)c(F)c(F)c(F)c4F)cc3)C(=CCC1)C2=O. The Morgan fingerprint density at radius 1 is 0.933 bits per heavy atom. The van der Waals surface area contributed by atoms with Crippen LogP contribution in [-0.4, -0.2) is 31.8 Å². The number of esters is 1. The van der Waals surface area contributed by atoms with Crippen LogP contribution in [0.2, 0.25) is 18.1 Å². The summed E-state index contributed by atoms with van der Waals surface area (Å²) in [4.78, 5) is 26.2. The Labute approximate surface area is 259 Å². The van der Waals surface area contributed by atoms with Gasteiger partial charge in [-0.3, -0.25) is 9.59 Å². The molecule has 4 rings (SSSR count). The van der Waals surface area contributed by atoms with Crippen molar-refractivity contribution in [2.45, 2.75) is 76.5 Å². The molecule has 2 bridgehead atoms. The molecule has 2 aromatic carbocycles. The number of carbonyl (C=O) groups is 2. The number of halogens is 5. The number of ether oxygens (including phenoxy) is 2. The van der Waals surface area contributed by atoms with Crippen molar-refractivity contribution in [2.75, 3.05) is 0 Å². The first-order valence-electron chi connectivity index (χ1n) is 14.1. The maximum absolute atomic E-state index is 14.0. The maximum Gasteiger partial charge on any atom is 0.315 e. The van der Waals surface area contributed by atoms with Crippen LogP contribution in [0.4, 0.5) is 22.0 Å². The van der Waals surface area contributed by atoms with Gasteiger partial charge in [-0.2, -0.15) is 8.78 Å². The number of hydrogen-bond donors (Lipinski definition) is 0. The number of hydrogen-bond acceptors (Lipinski definition) is 5. The molecule has 0 fully saturated rings. The van der Waals surface area contributed by atoms with Gasteiger partial charge in [0.25, 0.3) is 0 Å². The van der Waals surface area contributed by atoms with Gasteiger partial charge in [0.2, 0.25) is 40.6 Å². The normalized spacial score (nSPS) is 20.3. The summed E-state index contributed by atoms with van der Waals surface area (Å²) < 4.78 is 85.1.